The minimum absolute atomic E-state index is 0.0344. The minimum Gasteiger partial charge on any atom is -0.497 e. The number of likely N-dealkylation sites (tertiary alicyclic amines) is 1. The van der Waals surface area contributed by atoms with Crippen molar-refractivity contribution >= 4 is 11.8 Å². The predicted molar refractivity (Wildman–Crippen MR) is 108 cm³/mol. The van der Waals surface area contributed by atoms with Crippen LogP contribution in [0.5, 0.6) is 5.75 Å². The van der Waals surface area contributed by atoms with Crippen LogP contribution in [0.4, 0.5) is 0 Å². The van der Waals surface area contributed by atoms with Gasteiger partial charge in [-0.3, -0.25) is 14.7 Å². The first-order valence-corrected chi connectivity index (χ1v) is 9.79. The van der Waals surface area contributed by atoms with E-state index in [1.54, 1.807) is 18.1 Å². The van der Waals surface area contributed by atoms with Crippen LogP contribution in [-0.4, -0.2) is 52.1 Å². The molecule has 30 heavy (non-hydrogen) atoms. The molecule has 2 N–H and O–H groups in total. The largest absolute Gasteiger partial charge is 0.497 e. The number of nitrogens with one attached hydrogen (secondary N) is 2. The molecular weight excluding hydrogens is 386 g/mol. The van der Waals surface area contributed by atoms with Crippen molar-refractivity contribution < 1.29 is 18.7 Å². The predicted octanol–water partition coefficient (Wildman–Crippen LogP) is 2.24. The van der Waals surface area contributed by atoms with Crippen LogP contribution < -0.4 is 10.1 Å². The standard InChI is InChI=1S/C21H23N5O4/c1-29-17-4-2-14(3-5-17)19-23-18(24-25-19)12-22-20(27)15-6-9-26(10-7-15)21(28)16-8-11-30-13-16/h2-5,8,11,13,15H,6-7,9-10,12H2,1H3,(H,22,27)(H,23,24,25). The fourth-order valence-electron chi connectivity index (χ4n) is 3.47. The van der Waals surface area contributed by atoms with E-state index in [0.717, 1.165) is 11.3 Å². The number of rotatable bonds is 6. The zero-order chi connectivity index (χ0) is 20.9. The van der Waals surface area contributed by atoms with Gasteiger partial charge in [-0.15, -0.1) is 0 Å². The second kappa shape index (κ2) is 8.81. The van der Waals surface area contributed by atoms with Crippen LogP contribution in [-0.2, 0) is 11.3 Å². The molecule has 0 bridgehead atoms. The van der Waals surface area contributed by atoms with Gasteiger partial charge in [-0.1, -0.05) is 0 Å². The van der Waals surface area contributed by atoms with Gasteiger partial charge in [0.05, 0.1) is 25.5 Å². The molecule has 2 amide bonds. The Bertz CT molecular complexity index is 989. The van der Waals surface area contributed by atoms with Crippen molar-refractivity contribution in [1.82, 2.24) is 25.4 Å². The van der Waals surface area contributed by atoms with Crippen LogP contribution in [0, 0.1) is 5.92 Å². The van der Waals surface area contributed by atoms with Crippen molar-refractivity contribution in [1.29, 1.82) is 0 Å². The Hall–Kier alpha value is -3.62. The molecule has 9 heteroatoms. The summed E-state index contributed by atoms with van der Waals surface area (Å²) in [6.45, 7) is 1.37. The SMILES string of the molecule is COc1ccc(-c2n[nH]c(CNC(=O)C3CCN(C(=O)c4ccoc4)CC3)n2)cc1. The lowest BCUT2D eigenvalue weighted by atomic mass is 9.95. The highest BCUT2D eigenvalue weighted by molar-refractivity contribution is 5.94. The van der Waals surface area contributed by atoms with Crippen molar-refractivity contribution in [2.45, 2.75) is 19.4 Å². The number of carbonyl (C=O) groups is 2. The second-order valence-corrected chi connectivity index (χ2v) is 7.13. The number of furan rings is 1. The van der Waals surface area contributed by atoms with Crippen molar-refractivity contribution in [3.05, 3.63) is 54.2 Å². The van der Waals surface area contributed by atoms with Gasteiger partial charge in [0.25, 0.3) is 5.91 Å². The van der Waals surface area contributed by atoms with E-state index >= 15 is 0 Å². The molecular formula is C21H23N5O4. The van der Waals surface area contributed by atoms with Gasteiger partial charge in [-0.2, -0.15) is 5.10 Å². The summed E-state index contributed by atoms with van der Waals surface area (Å²) in [6, 6.07) is 9.10. The smallest absolute Gasteiger partial charge is 0.257 e. The van der Waals surface area contributed by atoms with E-state index in [-0.39, 0.29) is 24.3 Å². The summed E-state index contributed by atoms with van der Waals surface area (Å²) in [6.07, 6.45) is 4.18. The molecule has 1 aliphatic rings. The molecule has 9 nitrogen and oxygen atoms in total. The van der Waals surface area contributed by atoms with Gasteiger partial charge in [0.1, 0.15) is 17.8 Å². The molecule has 156 valence electrons. The van der Waals surface area contributed by atoms with Crippen LogP contribution >= 0.6 is 0 Å². The number of aromatic amines is 1. The summed E-state index contributed by atoms with van der Waals surface area (Å²) in [4.78, 5) is 31.0. The molecule has 1 aromatic carbocycles. The van der Waals surface area contributed by atoms with E-state index in [9.17, 15) is 9.59 Å². The molecule has 4 rings (SSSR count). The number of H-pyrrole nitrogens is 1. The Balaban J connectivity index is 1.26. The lowest BCUT2D eigenvalue weighted by molar-refractivity contribution is -0.126. The van der Waals surface area contributed by atoms with E-state index in [0.29, 0.717) is 43.1 Å². The fraction of sp³-hybridized carbons (Fsp3) is 0.333. The maximum atomic E-state index is 12.5. The zero-order valence-corrected chi connectivity index (χ0v) is 16.6. The quantitative estimate of drug-likeness (QED) is 0.646. The summed E-state index contributed by atoms with van der Waals surface area (Å²) in [5, 5.41) is 9.98. The molecule has 1 aliphatic heterocycles. The lowest BCUT2D eigenvalue weighted by Crippen LogP contribution is -2.42. The summed E-state index contributed by atoms with van der Waals surface area (Å²) >= 11 is 0. The van der Waals surface area contributed by atoms with Crippen molar-refractivity contribution in [3.8, 4) is 17.1 Å². The highest BCUT2D eigenvalue weighted by Gasteiger charge is 2.28. The molecule has 0 aliphatic carbocycles. The topological polar surface area (TPSA) is 113 Å². The first-order valence-electron chi connectivity index (χ1n) is 9.79. The highest BCUT2D eigenvalue weighted by Crippen LogP contribution is 2.21. The van der Waals surface area contributed by atoms with Crippen LogP contribution in [0.25, 0.3) is 11.4 Å². The Kier molecular flexibility index (Phi) is 5.78. The van der Waals surface area contributed by atoms with E-state index < -0.39 is 0 Å². The molecule has 0 unspecified atom stereocenters. The van der Waals surface area contributed by atoms with Crippen molar-refractivity contribution in [2.24, 2.45) is 5.92 Å². The molecule has 0 atom stereocenters. The molecule has 0 spiro atoms. The second-order valence-electron chi connectivity index (χ2n) is 7.13. The lowest BCUT2D eigenvalue weighted by Gasteiger charge is -2.31. The summed E-state index contributed by atoms with van der Waals surface area (Å²) < 4.78 is 10.1. The monoisotopic (exact) mass is 409 g/mol. The Morgan fingerprint density at radius 2 is 2.00 bits per heavy atom. The first kappa shape index (κ1) is 19.7. The van der Waals surface area contributed by atoms with Gasteiger partial charge < -0.3 is 19.4 Å². The summed E-state index contributed by atoms with van der Waals surface area (Å²) in [5.41, 5.74) is 1.40. The van der Waals surface area contributed by atoms with Crippen LogP contribution in [0.2, 0.25) is 0 Å². The number of hydrogen-bond acceptors (Lipinski definition) is 6. The number of methoxy groups -OCH3 is 1. The third kappa shape index (κ3) is 4.35. The number of carbonyl (C=O) groups excluding carboxylic acids is 2. The van der Waals surface area contributed by atoms with Gasteiger partial charge in [0, 0.05) is 24.6 Å². The van der Waals surface area contributed by atoms with Gasteiger partial charge in [-0.25, -0.2) is 4.98 Å². The normalized spacial score (nSPS) is 14.5. The van der Waals surface area contributed by atoms with E-state index in [1.165, 1.54) is 12.5 Å². The average molecular weight is 409 g/mol. The maximum Gasteiger partial charge on any atom is 0.257 e. The van der Waals surface area contributed by atoms with E-state index in [1.807, 2.05) is 24.3 Å². The minimum atomic E-state index is -0.123. The Morgan fingerprint density at radius 3 is 2.67 bits per heavy atom. The van der Waals surface area contributed by atoms with Crippen LogP contribution in [0.1, 0.15) is 29.0 Å². The molecule has 0 saturated carbocycles. The number of piperidine rings is 1. The van der Waals surface area contributed by atoms with Gasteiger partial charge in [0.15, 0.2) is 5.82 Å². The summed E-state index contributed by atoms with van der Waals surface area (Å²) in [7, 11) is 1.61. The van der Waals surface area contributed by atoms with Gasteiger partial charge in [0.2, 0.25) is 5.91 Å². The zero-order valence-electron chi connectivity index (χ0n) is 16.6. The van der Waals surface area contributed by atoms with Gasteiger partial charge in [-0.05, 0) is 43.2 Å². The molecule has 3 aromatic rings. The highest BCUT2D eigenvalue weighted by atomic mass is 16.5. The molecule has 2 aromatic heterocycles. The third-order valence-corrected chi connectivity index (χ3v) is 5.23. The fourth-order valence-corrected chi connectivity index (χ4v) is 3.47. The number of amides is 2. The van der Waals surface area contributed by atoms with Crippen LogP contribution in [0.15, 0.2) is 47.3 Å². The Morgan fingerprint density at radius 1 is 1.23 bits per heavy atom. The number of benzene rings is 1. The van der Waals surface area contributed by atoms with Crippen LogP contribution in [0.3, 0.4) is 0 Å². The molecule has 3 heterocycles. The number of aromatic nitrogens is 3. The number of hydrogen-bond donors (Lipinski definition) is 2. The van der Waals surface area contributed by atoms with E-state index in [4.69, 9.17) is 9.15 Å². The molecule has 1 fully saturated rings. The molecule has 1 saturated heterocycles. The average Bonchev–Trinajstić information content (AvgIpc) is 3.50. The Labute approximate surface area is 173 Å². The first-order chi connectivity index (χ1) is 14.6. The van der Waals surface area contributed by atoms with E-state index in [2.05, 4.69) is 20.5 Å². The number of nitrogens with zero attached hydrogens (tertiary/aromatic N) is 3. The maximum absolute atomic E-state index is 12.5. The van der Waals surface area contributed by atoms with Gasteiger partial charge >= 0.3 is 0 Å². The summed E-state index contributed by atoms with van der Waals surface area (Å²) in [5.74, 6) is 1.69. The third-order valence-electron chi connectivity index (χ3n) is 5.23. The van der Waals surface area contributed by atoms with Crippen molar-refractivity contribution in [3.63, 3.8) is 0 Å². The number of ether oxygens (including phenoxy) is 1. The van der Waals surface area contributed by atoms with Crippen molar-refractivity contribution in [2.75, 3.05) is 20.2 Å². The molecule has 0 radical (unpaired) electrons.